The third kappa shape index (κ3) is 5.43. The summed E-state index contributed by atoms with van der Waals surface area (Å²) in [5.41, 5.74) is 3.24. The average Bonchev–Trinajstić information content (AvgIpc) is 3.16. The second-order valence-corrected chi connectivity index (χ2v) is 11.2. The van der Waals surface area contributed by atoms with Gasteiger partial charge in [-0.3, -0.25) is 14.9 Å². The number of nitro groups is 1. The van der Waals surface area contributed by atoms with Gasteiger partial charge in [0, 0.05) is 54.8 Å². The summed E-state index contributed by atoms with van der Waals surface area (Å²) in [4.78, 5) is 30.3. The fraction of sp³-hybridized carbons (Fsp3) is 0.462. The molecule has 4 rings (SSSR count). The van der Waals surface area contributed by atoms with Gasteiger partial charge in [-0.25, -0.2) is 4.98 Å². The van der Waals surface area contributed by atoms with Crippen molar-refractivity contribution < 1.29 is 9.72 Å². The molecule has 0 saturated carbocycles. The summed E-state index contributed by atoms with van der Waals surface area (Å²) >= 11 is 1.71. The number of carbonyl (C=O) groups excluding carboxylic acids is 1. The number of non-ortho nitro benzene ring substituents is 1. The first-order valence-corrected chi connectivity index (χ1v) is 12.7. The minimum atomic E-state index is -0.374. The van der Waals surface area contributed by atoms with Gasteiger partial charge >= 0.3 is 0 Å². The van der Waals surface area contributed by atoms with E-state index in [4.69, 9.17) is 4.98 Å². The number of hydrogen-bond acceptors (Lipinski definition) is 5. The molecule has 0 aliphatic carbocycles. The highest BCUT2D eigenvalue weighted by Gasteiger charge is 2.27. The average molecular weight is 481 g/mol. The van der Waals surface area contributed by atoms with E-state index in [0.717, 1.165) is 65.5 Å². The molecule has 0 atom stereocenters. The molecule has 1 fully saturated rings. The van der Waals surface area contributed by atoms with E-state index in [-0.39, 0.29) is 21.9 Å². The summed E-state index contributed by atoms with van der Waals surface area (Å²) in [5, 5.41) is 10.9. The van der Waals surface area contributed by atoms with Gasteiger partial charge in [-0.05, 0) is 42.5 Å². The van der Waals surface area contributed by atoms with Crippen molar-refractivity contribution in [2.75, 3.05) is 13.1 Å². The standard InChI is InChI=1S/C26H32N4O3S/c1-18(31)28-13-11-19(12-14-28)16-29-24-10-9-22(15-23(24)27-25(29)26(2,3)4)34-17-20-5-7-21(8-6-20)30(32)33/h5-10,15,19H,11-14,16-17H2,1-4H3. The van der Waals surface area contributed by atoms with Crippen LogP contribution in [0.2, 0.25) is 0 Å². The fourth-order valence-corrected chi connectivity index (χ4v) is 5.41. The largest absolute Gasteiger partial charge is 0.343 e. The first-order valence-electron chi connectivity index (χ1n) is 11.7. The third-order valence-corrected chi connectivity index (χ3v) is 7.51. The molecule has 34 heavy (non-hydrogen) atoms. The SMILES string of the molecule is CC(=O)N1CCC(Cn2c(C(C)(C)C)nc3cc(SCc4ccc([N+](=O)[O-])cc4)ccc32)CC1. The Morgan fingerprint density at radius 2 is 1.82 bits per heavy atom. The van der Waals surface area contributed by atoms with Crippen LogP contribution in [0.15, 0.2) is 47.4 Å². The summed E-state index contributed by atoms with van der Waals surface area (Å²) in [5.74, 6) is 2.53. The van der Waals surface area contributed by atoms with Crippen molar-refractivity contribution in [2.24, 2.45) is 5.92 Å². The van der Waals surface area contributed by atoms with Crippen LogP contribution in [-0.4, -0.2) is 38.4 Å². The van der Waals surface area contributed by atoms with E-state index in [1.807, 2.05) is 17.0 Å². The number of likely N-dealkylation sites (tertiary alicyclic amines) is 1. The highest BCUT2D eigenvalue weighted by atomic mass is 32.2. The molecular weight excluding hydrogens is 448 g/mol. The molecule has 1 aliphatic rings. The Bertz CT molecular complexity index is 1190. The molecule has 0 radical (unpaired) electrons. The lowest BCUT2D eigenvalue weighted by atomic mass is 9.93. The van der Waals surface area contributed by atoms with Crippen molar-refractivity contribution in [2.45, 2.75) is 63.1 Å². The minimum Gasteiger partial charge on any atom is -0.343 e. The number of imidazole rings is 1. The zero-order valence-electron chi connectivity index (χ0n) is 20.3. The van der Waals surface area contributed by atoms with Gasteiger partial charge in [0.2, 0.25) is 5.91 Å². The van der Waals surface area contributed by atoms with Gasteiger partial charge in [0.05, 0.1) is 16.0 Å². The van der Waals surface area contributed by atoms with Crippen LogP contribution >= 0.6 is 11.8 Å². The summed E-state index contributed by atoms with van der Waals surface area (Å²) in [6.45, 7) is 10.8. The normalized spacial score (nSPS) is 15.1. The number of piperidine rings is 1. The lowest BCUT2D eigenvalue weighted by molar-refractivity contribution is -0.384. The number of aromatic nitrogens is 2. The van der Waals surface area contributed by atoms with E-state index in [2.05, 4.69) is 43.5 Å². The van der Waals surface area contributed by atoms with Gasteiger partial charge in [0.25, 0.3) is 5.69 Å². The van der Waals surface area contributed by atoms with E-state index >= 15 is 0 Å². The zero-order valence-corrected chi connectivity index (χ0v) is 21.1. The Morgan fingerprint density at radius 3 is 2.41 bits per heavy atom. The topological polar surface area (TPSA) is 81.3 Å². The number of carbonyl (C=O) groups is 1. The number of benzene rings is 2. The van der Waals surface area contributed by atoms with Crippen LogP contribution < -0.4 is 0 Å². The van der Waals surface area contributed by atoms with Crippen molar-refractivity contribution in [3.05, 3.63) is 64.0 Å². The van der Waals surface area contributed by atoms with Gasteiger partial charge in [-0.1, -0.05) is 32.9 Å². The Balaban J connectivity index is 1.52. The summed E-state index contributed by atoms with van der Waals surface area (Å²) in [6, 6.07) is 13.2. The first-order chi connectivity index (χ1) is 16.1. The number of fused-ring (bicyclic) bond motifs is 1. The zero-order chi connectivity index (χ0) is 24.5. The molecule has 1 aliphatic heterocycles. The lowest BCUT2D eigenvalue weighted by Crippen LogP contribution is -2.38. The van der Waals surface area contributed by atoms with E-state index in [1.54, 1.807) is 30.8 Å². The molecule has 1 saturated heterocycles. The molecule has 0 N–H and O–H groups in total. The third-order valence-electron chi connectivity index (χ3n) is 6.44. The van der Waals surface area contributed by atoms with Crippen LogP contribution in [0.1, 0.15) is 51.9 Å². The fourth-order valence-electron chi connectivity index (χ4n) is 4.53. The maximum Gasteiger partial charge on any atom is 0.269 e. The van der Waals surface area contributed by atoms with Crippen molar-refractivity contribution >= 4 is 34.4 Å². The lowest BCUT2D eigenvalue weighted by Gasteiger charge is -2.32. The molecule has 180 valence electrons. The first kappa shape index (κ1) is 24.3. The van der Waals surface area contributed by atoms with Gasteiger partial charge in [0.1, 0.15) is 5.82 Å². The second kappa shape index (κ2) is 9.78. The summed E-state index contributed by atoms with van der Waals surface area (Å²) in [6.07, 6.45) is 2.04. The van der Waals surface area contributed by atoms with Gasteiger partial charge in [-0.2, -0.15) is 0 Å². The molecule has 1 aromatic heterocycles. The smallest absolute Gasteiger partial charge is 0.269 e. The Hall–Kier alpha value is -2.87. The van der Waals surface area contributed by atoms with Crippen LogP contribution in [-0.2, 0) is 22.5 Å². The number of thioether (sulfide) groups is 1. The molecule has 7 nitrogen and oxygen atoms in total. The minimum absolute atomic E-state index is 0.0782. The van der Waals surface area contributed by atoms with E-state index < -0.39 is 0 Å². The van der Waals surface area contributed by atoms with Gasteiger partial charge < -0.3 is 9.47 Å². The molecular formula is C26H32N4O3S. The van der Waals surface area contributed by atoms with E-state index in [0.29, 0.717) is 5.92 Å². The maximum absolute atomic E-state index is 11.7. The summed E-state index contributed by atoms with van der Waals surface area (Å²) in [7, 11) is 0. The van der Waals surface area contributed by atoms with Crippen molar-refractivity contribution in [1.29, 1.82) is 0 Å². The molecule has 1 amide bonds. The van der Waals surface area contributed by atoms with Crippen molar-refractivity contribution in [1.82, 2.24) is 14.5 Å². The number of hydrogen-bond donors (Lipinski definition) is 0. The van der Waals surface area contributed by atoms with Crippen LogP contribution in [0.4, 0.5) is 5.69 Å². The molecule has 2 heterocycles. The molecule has 0 spiro atoms. The highest BCUT2D eigenvalue weighted by Crippen LogP contribution is 2.32. The quantitative estimate of drug-likeness (QED) is 0.253. The molecule has 0 bridgehead atoms. The van der Waals surface area contributed by atoms with Crippen LogP contribution in [0.3, 0.4) is 0 Å². The molecule has 2 aromatic carbocycles. The Labute approximate surface area is 204 Å². The van der Waals surface area contributed by atoms with Crippen LogP contribution in [0.5, 0.6) is 0 Å². The van der Waals surface area contributed by atoms with Crippen LogP contribution in [0.25, 0.3) is 11.0 Å². The predicted octanol–water partition coefficient (Wildman–Crippen LogP) is 5.79. The molecule has 8 heteroatoms. The Kier molecular flexibility index (Phi) is 6.98. The summed E-state index contributed by atoms with van der Waals surface area (Å²) < 4.78 is 2.38. The van der Waals surface area contributed by atoms with Gasteiger partial charge in [0.15, 0.2) is 0 Å². The predicted molar refractivity (Wildman–Crippen MR) is 136 cm³/mol. The monoisotopic (exact) mass is 480 g/mol. The molecule has 0 unspecified atom stereocenters. The number of nitro benzene ring substituents is 1. The van der Waals surface area contributed by atoms with Crippen molar-refractivity contribution in [3.63, 3.8) is 0 Å². The van der Waals surface area contributed by atoms with E-state index in [1.165, 1.54) is 0 Å². The van der Waals surface area contributed by atoms with Crippen LogP contribution in [0, 0.1) is 16.0 Å². The number of amides is 1. The van der Waals surface area contributed by atoms with Crippen molar-refractivity contribution in [3.8, 4) is 0 Å². The van der Waals surface area contributed by atoms with E-state index in [9.17, 15) is 14.9 Å². The highest BCUT2D eigenvalue weighted by molar-refractivity contribution is 7.98. The molecule has 3 aromatic rings. The second-order valence-electron chi connectivity index (χ2n) is 10.1. The number of rotatable bonds is 6. The van der Waals surface area contributed by atoms with Gasteiger partial charge in [-0.15, -0.1) is 11.8 Å². The Morgan fingerprint density at radius 1 is 1.15 bits per heavy atom. The maximum atomic E-state index is 11.7. The number of nitrogens with zero attached hydrogens (tertiary/aromatic N) is 4.